The molecule has 0 bridgehead atoms. The standard InChI is InChI=1S/C15H13N5O3S/c1-2-19-14(11-5-8-16-9-6-11)17-18-15(19)24-10-7-12-3-4-13(23-12)20(21)22/h3-10H,2H2,1H3/b10-7+. The normalized spacial score (nSPS) is 11.2. The Morgan fingerprint density at radius 3 is 2.75 bits per heavy atom. The van der Waals surface area contributed by atoms with E-state index >= 15 is 0 Å². The van der Waals surface area contributed by atoms with Crippen molar-refractivity contribution in [3.63, 3.8) is 0 Å². The molecule has 122 valence electrons. The second kappa shape index (κ2) is 7.09. The molecule has 0 aliphatic heterocycles. The summed E-state index contributed by atoms with van der Waals surface area (Å²) in [4.78, 5) is 14.0. The van der Waals surface area contributed by atoms with E-state index in [9.17, 15) is 10.1 Å². The monoisotopic (exact) mass is 343 g/mol. The molecule has 0 fully saturated rings. The summed E-state index contributed by atoms with van der Waals surface area (Å²) >= 11 is 1.36. The van der Waals surface area contributed by atoms with E-state index in [2.05, 4.69) is 15.2 Å². The van der Waals surface area contributed by atoms with Gasteiger partial charge in [0.25, 0.3) is 0 Å². The molecule has 3 aromatic heterocycles. The molecule has 0 spiro atoms. The molecule has 0 unspecified atom stereocenters. The summed E-state index contributed by atoms with van der Waals surface area (Å²) in [6.07, 6.45) is 5.07. The van der Waals surface area contributed by atoms with Gasteiger partial charge in [0, 0.05) is 24.5 Å². The first-order valence-corrected chi connectivity index (χ1v) is 7.98. The van der Waals surface area contributed by atoms with E-state index in [1.807, 2.05) is 23.6 Å². The van der Waals surface area contributed by atoms with E-state index in [0.29, 0.717) is 12.3 Å². The maximum Gasteiger partial charge on any atom is 0.433 e. The number of rotatable bonds is 6. The zero-order valence-corrected chi connectivity index (χ0v) is 13.5. The third kappa shape index (κ3) is 3.35. The van der Waals surface area contributed by atoms with Gasteiger partial charge in [-0.1, -0.05) is 11.8 Å². The van der Waals surface area contributed by atoms with E-state index in [1.54, 1.807) is 29.9 Å². The topological polar surface area (TPSA) is 99.9 Å². The number of hydrogen-bond donors (Lipinski definition) is 0. The first-order chi connectivity index (χ1) is 11.7. The summed E-state index contributed by atoms with van der Waals surface area (Å²) in [5.74, 6) is 0.895. The molecule has 0 aliphatic rings. The average Bonchev–Trinajstić information content (AvgIpc) is 3.22. The average molecular weight is 343 g/mol. The second-order valence-electron chi connectivity index (χ2n) is 4.64. The minimum absolute atomic E-state index is 0.281. The Hall–Kier alpha value is -2.94. The molecule has 0 amide bonds. The zero-order valence-electron chi connectivity index (χ0n) is 12.7. The fraction of sp³-hybridized carbons (Fsp3) is 0.133. The van der Waals surface area contributed by atoms with Crippen molar-refractivity contribution in [1.82, 2.24) is 19.7 Å². The molecule has 0 aromatic carbocycles. The van der Waals surface area contributed by atoms with Gasteiger partial charge in [-0.2, -0.15) is 0 Å². The molecule has 3 heterocycles. The Bertz CT molecular complexity index is 872. The summed E-state index contributed by atoms with van der Waals surface area (Å²) in [7, 11) is 0. The lowest BCUT2D eigenvalue weighted by molar-refractivity contribution is -0.402. The van der Waals surface area contributed by atoms with Crippen molar-refractivity contribution in [2.75, 3.05) is 0 Å². The van der Waals surface area contributed by atoms with E-state index in [0.717, 1.165) is 16.5 Å². The van der Waals surface area contributed by atoms with Gasteiger partial charge in [-0.15, -0.1) is 10.2 Å². The van der Waals surface area contributed by atoms with Crippen molar-refractivity contribution >= 4 is 23.7 Å². The molecule has 0 radical (unpaired) electrons. The van der Waals surface area contributed by atoms with Gasteiger partial charge < -0.3 is 8.98 Å². The number of aromatic nitrogens is 4. The van der Waals surface area contributed by atoms with Crippen LogP contribution in [0.5, 0.6) is 0 Å². The van der Waals surface area contributed by atoms with Crippen molar-refractivity contribution < 1.29 is 9.34 Å². The largest absolute Gasteiger partial charge is 0.433 e. The van der Waals surface area contributed by atoms with Crippen molar-refractivity contribution in [1.29, 1.82) is 0 Å². The van der Waals surface area contributed by atoms with Gasteiger partial charge in [-0.3, -0.25) is 15.1 Å². The Balaban J connectivity index is 1.77. The van der Waals surface area contributed by atoms with Gasteiger partial charge in [0.2, 0.25) is 0 Å². The molecule has 0 saturated heterocycles. The summed E-state index contributed by atoms with van der Waals surface area (Å²) in [6, 6.07) is 6.62. The van der Waals surface area contributed by atoms with Gasteiger partial charge in [-0.25, -0.2) is 0 Å². The van der Waals surface area contributed by atoms with Gasteiger partial charge in [0.05, 0.1) is 6.07 Å². The Morgan fingerprint density at radius 1 is 1.29 bits per heavy atom. The van der Waals surface area contributed by atoms with Crippen LogP contribution >= 0.6 is 11.8 Å². The highest BCUT2D eigenvalue weighted by atomic mass is 32.2. The van der Waals surface area contributed by atoms with E-state index in [1.165, 1.54) is 17.8 Å². The van der Waals surface area contributed by atoms with Crippen LogP contribution in [-0.4, -0.2) is 24.7 Å². The first-order valence-electron chi connectivity index (χ1n) is 7.10. The van der Waals surface area contributed by atoms with E-state index in [-0.39, 0.29) is 5.88 Å². The van der Waals surface area contributed by atoms with Crippen LogP contribution in [0.4, 0.5) is 5.88 Å². The Labute approximate surface area is 141 Å². The lowest BCUT2D eigenvalue weighted by Gasteiger charge is -2.05. The van der Waals surface area contributed by atoms with Crippen molar-refractivity contribution in [3.8, 4) is 11.4 Å². The maximum absolute atomic E-state index is 10.6. The molecule has 0 aliphatic carbocycles. The number of furan rings is 1. The molecule has 8 nitrogen and oxygen atoms in total. The van der Waals surface area contributed by atoms with Crippen LogP contribution < -0.4 is 0 Å². The van der Waals surface area contributed by atoms with Crippen LogP contribution in [0.3, 0.4) is 0 Å². The summed E-state index contributed by atoms with van der Waals surface area (Å²) in [5.41, 5.74) is 0.942. The molecule has 0 saturated carbocycles. The minimum Gasteiger partial charge on any atom is -0.401 e. The van der Waals surface area contributed by atoms with Gasteiger partial charge in [-0.05, 0) is 36.6 Å². The predicted molar refractivity (Wildman–Crippen MR) is 89.2 cm³/mol. The highest BCUT2D eigenvalue weighted by Crippen LogP contribution is 2.25. The quantitative estimate of drug-likeness (QED) is 0.383. The second-order valence-corrected chi connectivity index (χ2v) is 5.51. The van der Waals surface area contributed by atoms with Crippen molar-refractivity contribution in [3.05, 3.63) is 57.9 Å². The number of thioether (sulfide) groups is 1. The lowest BCUT2D eigenvalue weighted by Crippen LogP contribution is -1.99. The van der Waals surface area contributed by atoms with Crippen molar-refractivity contribution in [2.45, 2.75) is 18.6 Å². The van der Waals surface area contributed by atoms with Crippen molar-refractivity contribution in [2.24, 2.45) is 0 Å². The number of nitro groups is 1. The number of hydrogen-bond acceptors (Lipinski definition) is 7. The molecule has 3 rings (SSSR count). The summed E-state index contributed by atoms with van der Waals surface area (Å²) in [6.45, 7) is 2.73. The maximum atomic E-state index is 10.6. The molecule has 9 heteroatoms. The SMILES string of the molecule is CCn1c(S/C=C/c2ccc([N+](=O)[O-])o2)nnc1-c1ccncc1. The molecule has 3 aromatic rings. The molecule has 0 atom stereocenters. The van der Waals surface area contributed by atoms with Gasteiger partial charge in [0.1, 0.15) is 10.7 Å². The third-order valence-electron chi connectivity index (χ3n) is 3.17. The third-order valence-corrected chi connectivity index (χ3v) is 3.95. The Morgan fingerprint density at radius 2 is 2.08 bits per heavy atom. The molecule has 24 heavy (non-hydrogen) atoms. The van der Waals surface area contributed by atoms with E-state index < -0.39 is 4.92 Å². The van der Waals surface area contributed by atoms with Gasteiger partial charge in [0.15, 0.2) is 11.0 Å². The van der Waals surface area contributed by atoms with E-state index in [4.69, 9.17) is 4.42 Å². The predicted octanol–water partition coefficient (Wildman–Crippen LogP) is 3.62. The highest BCUT2D eigenvalue weighted by Gasteiger charge is 2.13. The fourth-order valence-electron chi connectivity index (χ4n) is 2.07. The highest BCUT2D eigenvalue weighted by molar-refractivity contribution is 8.02. The molecule has 0 N–H and O–H groups in total. The summed E-state index contributed by atoms with van der Waals surface area (Å²) < 4.78 is 7.05. The Kier molecular flexibility index (Phi) is 4.71. The number of pyridine rings is 1. The smallest absolute Gasteiger partial charge is 0.401 e. The van der Waals surface area contributed by atoms with Crippen LogP contribution in [0.15, 0.2) is 51.6 Å². The fourth-order valence-corrected chi connectivity index (χ4v) is 2.82. The van der Waals surface area contributed by atoms with Crippen LogP contribution in [0.2, 0.25) is 0 Å². The van der Waals surface area contributed by atoms with Crippen LogP contribution in [0, 0.1) is 10.1 Å². The number of nitrogens with zero attached hydrogens (tertiary/aromatic N) is 5. The van der Waals surface area contributed by atoms with Crippen LogP contribution in [0.25, 0.3) is 17.5 Å². The van der Waals surface area contributed by atoms with Gasteiger partial charge >= 0.3 is 5.88 Å². The molecular weight excluding hydrogens is 330 g/mol. The molecular formula is C15H13N5O3S. The first kappa shape index (κ1) is 15.9. The lowest BCUT2D eigenvalue weighted by atomic mass is 10.2. The summed E-state index contributed by atoms with van der Waals surface area (Å²) in [5, 5.41) is 21.5. The van der Waals surface area contributed by atoms with Crippen LogP contribution in [-0.2, 0) is 6.54 Å². The zero-order chi connectivity index (χ0) is 16.9. The minimum atomic E-state index is -0.570. The van der Waals surface area contributed by atoms with Crippen LogP contribution in [0.1, 0.15) is 12.7 Å².